The minimum Gasteiger partial charge on any atom is -0.490 e. The fraction of sp³-hybridized carbons (Fsp3) is 0.486. The Morgan fingerprint density at radius 1 is 0.809 bits per heavy atom. The van der Waals surface area contributed by atoms with Crippen molar-refractivity contribution in [3.8, 4) is 17.6 Å². The molecule has 0 aromatic heterocycles. The third-order valence-electron chi connectivity index (χ3n) is 7.55. The lowest BCUT2D eigenvalue weighted by molar-refractivity contribution is -0.156. The number of nitrogens with zero attached hydrogens (tertiary/aromatic N) is 4. The van der Waals surface area contributed by atoms with Crippen molar-refractivity contribution in [3.05, 3.63) is 77.4 Å². The van der Waals surface area contributed by atoms with Crippen LogP contribution in [0.4, 0.5) is 9.59 Å². The predicted molar refractivity (Wildman–Crippen MR) is 181 cm³/mol. The molecule has 2 aliphatic heterocycles. The molecule has 10 heteroatoms. The maximum Gasteiger partial charge on any atom is 0.362 e. The molecule has 0 unspecified atom stereocenters. The molecule has 1 atom stereocenters. The highest BCUT2D eigenvalue weighted by atomic mass is 16.6. The van der Waals surface area contributed by atoms with Crippen LogP contribution in [0.15, 0.2) is 76.5 Å². The number of hydrogen-bond acceptors (Lipinski definition) is 6. The van der Waals surface area contributed by atoms with E-state index in [0.29, 0.717) is 26.2 Å². The summed E-state index contributed by atoms with van der Waals surface area (Å²) in [5.74, 6) is 6.68. The smallest absolute Gasteiger partial charge is 0.362 e. The van der Waals surface area contributed by atoms with Crippen LogP contribution in [-0.2, 0) is 20.7 Å². The molecule has 0 radical (unpaired) electrons. The van der Waals surface area contributed by atoms with Crippen LogP contribution in [0.1, 0.15) is 70.4 Å². The van der Waals surface area contributed by atoms with Crippen molar-refractivity contribution in [1.82, 2.24) is 9.80 Å². The highest BCUT2D eigenvalue weighted by Gasteiger charge is 2.21. The van der Waals surface area contributed by atoms with Crippen molar-refractivity contribution in [2.75, 3.05) is 46.0 Å². The summed E-state index contributed by atoms with van der Waals surface area (Å²) in [5.41, 5.74) is 2.94. The van der Waals surface area contributed by atoms with Gasteiger partial charge in [0.15, 0.2) is 6.10 Å². The van der Waals surface area contributed by atoms with E-state index in [1.807, 2.05) is 74.5 Å². The van der Waals surface area contributed by atoms with Crippen LogP contribution >= 0.6 is 0 Å². The Morgan fingerprint density at radius 3 is 1.91 bits per heavy atom. The Balaban J connectivity index is 0.000000284. The molecule has 252 valence electrons. The summed E-state index contributed by atoms with van der Waals surface area (Å²) >= 11 is 0. The largest absolute Gasteiger partial charge is 0.490 e. The molecule has 0 saturated carbocycles. The fourth-order valence-corrected chi connectivity index (χ4v) is 4.97. The second-order valence-corrected chi connectivity index (χ2v) is 11.2. The summed E-state index contributed by atoms with van der Waals surface area (Å²) in [5, 5.41) is 7.09. The first-order chi connectivity index (χ1) is 22.9. The zero-order chi connectivity index (χ0) is 33.7. The van der Waals surface area contributed by atoms with Crippen molar-refractivity contribution in [2.24, 2.45) is 10.2 Å². The molecule has 0 aliphatic carbocycles. The molecule has 0 spiro atoms. The number of urea groups is 2. The lowest BCUT2D eigenvalue weighted by Crippen LogP contribution is -2.35. The van der Waals surface area contributed by atoms with E-state index < -0.39 is 6.10 Å². The van der Waals surface area contributed by atoms with Gasteiger partial charge in [-0.25, -0.2) is 14.4 Å². The third kappa shape index (κ3) is 14.2. The van der Waals surface area contributed by atoms with Gasteiger partial charge in [0.05, 0.1) is 6.61 Å². The highest BCUT2D eigenvalue weighted by Crippen LogP contribution is 2.16. The van der Waals surface area contributed by atoms with Gasteiger partial charge in [0.1, 0.15) is 12.4 Å². The molecule has 4 rings (SSSR count). The average Bonchev–Trinajstić information content (AvgIpc) is 3.11. The maximum absolute atomic E-state index is 12.0. The Hall–Kier alpha value is -4.49. The van der Waals surface area contributed by atoms with Crippen LogP contribution in [0.3, 0.4) is 0 Å². The van der Waals surface area contributed by atoms with Crippen molar-refractivity contribution >= 4 is 18.0 Å². The van der Waals surface area contributed by atoms with Crippen LogP contribution in [0, 0.1) is 11.8 Å². The van der Waals surface area contributed by atoms with E-state index in [1.165, 1.54) is 0 Å². The summed E-state index contributed by atoms with van der Waals surface area (Å²) in [6, 6.07) is 16.8. The molecule has 0 bridgehead atoms. The standard InChI is InChI=1S/C25H28O4.C12H20N4O2/c1-4-27-24(25(26)28-5-2)19-22-13-15-23(16-14-22)29-18-17-20(3)11-12-21-9-7-6-8-10-21;17-11(15-7-3-1-4-8-15)13-14-12(18)16-9-5-2-6-10-16/h6-10,13-17,24H,4-5,18-19H2,1-3H3;1-10H2/t24-;/m0./s1. The Morgan fingerprint density at radius 2 is 1.38 bits per heavy atom. The van der Waals surface area contributed by atoms with Gasteiger partial charge >= 0.3 is 18.0 Å². The van der Waals surface area contributed by atoms with Crippen LogP contribution in [0.2, 0.25) is 0 Å². The van der Waals surface area contributed by atoms with E-state index in [4.69, 9.17) is 14.2 Å². The maximum atomic E-state index is 12.0. The minimum absolute atomic E-state index is 0.327. The van der Waals surface area contributed by atoms with Gasteiger partial charge in [-0.1, -0.05) is 52.4 Å². The number of carbonyl (C=O) groups is 3. The van der Waals surface area contributed by atoms with E-state index >= 15 is 0 Å². The summed E-state index contributed by atoms with van der Waals surface area (Å²) in [4.78, 5) is 38.7. The van der Waals surface area contributed by atoms with Crippen molar-refractivity contribution in [1.29, 1.82) is 0 Å². The summed E-state index contributed by atoms with van der Waals surface area (Å²) < 4.78 is 16.3. The zero-order valence-corrected chi connectivity index (χ0v) is 28.0. The number of rotatable bonds is 9. The van der Waals surface area contributed by atoms with Crippen LogP contribution in [0.25, 0.3) is 0 Å². The molecular weight excluding hydrogens is 596 g/mol. The van der Waals surface area contributed by atoms with Crippen LogP contribution in [-0.4, -0.2) is 79.9 Å². The number of esters is 1. The normalized spacial score (nSPS) is 15.5. The number of allylic oxidation sites excluding steroid dienone is 1. The van der Waals surface area contributed by atoms with Crippen molar-refractivity contribution in [3.63, 3.8) is 0 Å². The molecule has 10 nitrogen and oxygen atoms in total. The molecule has 2 heterocycles. The van der Waals surface area contributed by atoms with Gasteiger partial charge in [-0.05, 0) is 101 Å². The molecule has 2 aromatic carbocycles. The summed E-state index contributed by atoms with van der Waals surface area (Å²) in [6.45, 7) is 9.79. The lowest BCUT2D eigenvalue weighted by Gasteiger charge is -2.25. The predicted octanol–water partition coefficient (Wildman–Crippen LogP) is 7.22. The minimum atomic E-state index is -0.583. The van der Waals surface area contributed by atoms with E-state index in [9.17, 15) is 14.4 Å². The Labute approximate surface area is 279 Å². The number of amides is 4. The molecule has 2 aromatic rings. The molecular formula is C37H48N4O6. The van der Waals surface area contributed by atoms with Gasteiger partial charge < -0.3 is 24.0 Å². The van der Waals surface area contributed by atoms with E-state index in [-0.39, 0.29) is 18.0 Å². The Bertz CT molecular complexity index is 1340. The first kappa shape index (κ1) is 37.0. The van der Waals surface area contributed by atoms with Crippen molar-refractivity contribution < 1.29 is 28.6 Å². The van der Waals surface area contributed by atoms with E-state index in [1.54, 1.807) is 16.7 Å². The molecule has 4 amide bonds. The molecule has 0 N–H and O–H groups in total. The monoisotopic (exact) mass is 644 g/mol. The van der Waals surface area contributed by atoms with E-state index in [2.05, 4.69) is 22.1 Å². The van der Waals surface area contributed by atoms with Crippen LogP contribution < -0.4 is 4.74 Å². The summed E-state index contributed by atoms with van der Waals surface area (Å²) in [6.07, 6.45) is 8.23. The van der Waals surface area contributed by atoms with Gasteiger partial charge in [-0.2, -0.15) is 0 Å². The number of ether oxygens (including phenoxy) is 3. The van der Waals surface area contributed by atoms with Gasteiger partial charge in [0.25, 0.3) is 0 Å². The number of azo groups is 1. The van der Waals surface area contributed by atoms with Gasteiger partial charge in [0, 0.05) is 44.8 Å². The number of piperidine rings is 2. The highest BCUT2D eigenvalue weighted by molar-refractivity contribution is 5.79. The first-order valence-electron chi connectivity index (χ1n) is 16.6. The second-order valence-electron chi connectivity index (χ2n) is 11.2. The zero-order valence-electron chi connectivity index (χ0n) is 28.0. The number of likely N-dealkylation sites (tertiary alicyclic amines) is 2. The van der Waals surface area contributed by atoms with Gasteiger partial charge in [0.2, 0.25) is 0 Å². The molecule has 2 fully saturated rings. The second kappa shape index (κ2) is 21.3. The van der Waals surface area contributed by atoms with E-state index in [0.717, 1.165) is 87.2 Å². The molecule has 47 heavy (non-hydrogen) atoms. The number of benzene rings is 2. The molecule has 2 aliphatic rings. The van der Waals surface area contributed by atoms with Gasteiger partial charge in [-0.15, -0.1) is 0 Å². The Kier molecular flexibility index (Phi) is 16.8. The topological polar surface area (TPSA) is 110 Å². The fourth-order valence-electron chi connectivity index (χ4n) is 4.97. The summed E-state index contributed by atoms with van der Waals surface area (Å²) in [7, 11) is 0. The lowest BCUT2D eigenvalue weighted by atomic mass is 10.1. The number of hydrogen-bond donors (Lipinski definition) is 0. The number of carbonyl (C=O) groups excluding carboxylic acids is 3. The van der Waals surface area contributed by atoms with Gasteiger partial charge in [-0.3, -0.25) is 0 Å². The first-order valence-corrected chi connectivity index (χ1v) is 16.6. The SMILES string of the molecule is CCOC(=O)[C@H](Cc1ccc(OCC=C(C)C#Cc2ccccc2)cc1)OCC.O=C(N=NC(=O)N1CCCCC1)N1CCCCC1. The quantitative estimate of drug-likeness (QED) is 0.162. The molecule has 2 saturated heterocycles. The van der Waals surface area contributed by atoms with Crippen molar-refractivity contribution in [2.45, 2.75) is 71.8 Å². The van der Waals surface area contributed by atoms with Crippen LogP contribution in [0.5, 0.6) is 5.75 Å². The average molecular weight is 645 g/mol. The third-order valence-corrected chi connectivity index (χ3v) is 7.55.